The Morgan fingerprint density at radius 3 is 2.00 bits per heavy atom. The summed E-state index contributed by atoms with van der Waals surface area (Å²) in [6.45, 7) is 11.0. The van der Waals surface area contributed by atoms with Crippen molar-refractivity contribution in [3.05, 3.63) is 0 Å². The molecule has 18 heavy (non-hydrogen) atoms. The Morgan fingerprint density at radius 1 is 1.22 bits per heavy atom. The molecular weight excluding hydrogens is 230 g/mol. The highest BCUT2D eigenvalue weighted by atomic mass is 16.2. The lowest BCUT2D eigenvalue weighted by Crippen LogP contribution is -2.57. The zero-order valence-corrected chi connectivity index (χ0v) is 12.6. The zero-order valence-electron chi connectivity index (χ0n) is 12.6. The van der Waals surface area contributed by atoms with Gasteiger partial charge in [-0.2, -0.15) is 0 Å². The summed E-state index contributed by atoms with van der Waals surface area (Å²) in [5.41, 5.74) is 4.65. The highest BCUT2D eigenvalue weighted by Gasteiger charge is 2.42. The Morgan fingerprint density at radius 2 is 1.67 bits per heavy atom. The fourth-order valence-corrected chi connectivity index (χ4v) is 1.41. The van der Waals surface area contributed by atoms with Crippen molar-refractivity contribution in [3.63, 3.8) is 0 Å². The number of nitrogens with one attached hydrogen (secondary N) is 1. The number of amides is 2. The Bertz CT molecular complexity index is 317. The third kappa shape index (κ3) is 4.29. The average molecular weight is 257 g/mol. The summed E-state index contributed by atoms with van der Waals surface area (Å²) >= 11 is 0. The topological polar surface area (TPSA) is 75.4 Å². The first-order valence-electron chi connectivity index (χ1n) is 6.23. The zero-order chi connectivity index (χ0) is 14.7. The van der Waals surface area contributed by atoms with E-state index in [1.807, 2.05) is 27.7 Å². The number of carbonyl (C=O) groups excluding carboxylic acids is 2. The van der Waals surface area contributed by atoms with Crippen LogP contribution < -0.4 is 11.1 Å². The minimum absolute atomic E-state index is 0.0521. The number of hydrogen-bond acceptors (Lipinski definition) is 3. The normalized spacial score (nSPS) is 12.5. The number of rotatable bonds is 5. The van der Waals surface area contributed by atoms with Crippen molar-refractivity contribution in [1.82, 2.24) is 10.2 Å². The van der Waals surface area contributed by atoms with Crippen molar-refractivity contribution in [3.8, 4) is 0 Å². The van der Waals surface area contributed by atoms with E-state index in [1.165, 1.54) is 4.90 Å². The van der Waals surface area contributed by atoms with Crippen LogP contribution in [0.1, 0.15) is 41.5 Å². The van der Waals surface area contributed by atoms with Crippen LogP contribution in [0, 0.1) is 5.41 Å². The molecule has 5 heteroatoms. The van der Waals surface area contributed by atoms with Gasteiger partial charge in [0.25, 0.3) is 0 Å². The molecule has 0 saturated heterocycles. The fraction of sp³-hybridized carbons (Fsp3) is 0.846. The second-order valence-electron chi connectivity index (χ2n) is 6.23. The fourth-order valence-electron chi connectivity index (χ4n) is 1.41. The lowest BCUT2D eigenvalue weighted by atomic mass is 9.74. The molecule has 2 amide bonds. The van der Waals surface area contributed by atoms with Crippen LogP contribution >= 0.6 is 0 Å². The van der Waals surface area contributed by atoms with Gasteiger partial charge in [-0.3, -0.25) is 9.59 Å². The van der Waals surface area contributed by atoms with E-state index in [0.717, 1.165) is 0 Å². The minimum Gasteiger partial charge on any atom is -0.352 e. The monoisotopic (exact) mass is 257 g/mol. The Labute approximate surface area is 110 Å². The number of carbonyl (C=O) groups is 2. The van der Waals surface area contributed by atoms with Crippen molar-refractivity contribution in [2.24, 2.45) is 11.1 Å². The van der Waals surface area contributed by atoms with E-state index in [4.69, 9.17) is 5.73 Å². The standard InChI is InChI=1S/C13H27N3O2/c1-9(2)15-10(17)8-16(7)11(18)12(3,4)13(5,6)14/h9H,8,14H2,1-7H3,(H,15,17). The van der Waals surface area contributed by atoms with E-state index in [2.05, 4.69) is 5.32 Å². The summed E-state index contributed by atoms with van der Waals surface area (Å²) < 4.78 is 0. The predicted octanol–water partition coefficient (Wildman–Crippen LogP) is 0.733. The highest BCUT2D eigenvalue weighted by Crippen LogP contribution is 2.30. The third-order valence-electron chi connectivity index (χ3n) is 3.32. The van der Waals surface area contributed by atoms with Crippen LogP contribution in [0.4, 0.5) is 0 Å². The van der Waals surface area contributed by atoms with Crippen LogP contribution in [-0.2, 0) is 9.59 Å². The summed E-state index contributed by atoms with van der Waals surface area (Å²) in [5.74, 6) is -0.291. The molecule has 0 aromatic heterocycles. The Balaban J connectivity index is 4.67. The summed E-state index contributed by atoms with van der Waals surface area (Å²) in [5, 5.41) is 2.75. The smallest absolute Gasteiger partial charge is 0.239 e. The number of hydrogen-bond donors (Lipinski definition) is 2. The Hall–Kier alpha value is -1.10. The van der Waals surface area contributed by atoms with Gasteiger partial charge in [0.1, 0.15) is 0 Å². The van der Waals surface area contributed by atoms with Gasteiger partial charge in [-0.05, 0) is 41.5 Å². The molecule has 0 fully saturated rings. The molecule has 0 aromatic rings. The largest absolute Gasteiger partial charge is 0.352 e. The molecule has 0 heterocycles. The molecule has 0 aliphatic heterocycles. The van der Waals surface area contributed by atoms with Gasteiger partial charge in [-0.25, -0.2) is 0 Å². The molecule has 0 atom stereocenters. The maximum absolute atomic E-state index is 12.3. The third-order valence-corrected chi connectivity index (χ3v) is 3.32. The minimum atomic E-state index is -0.722. The second-order valence-corrected chi connectivity index (χ2v) is 6.23. The van der Waals surface area contributed by atoms with Gasteiger partial charge in [-0.1, -0.05) is 0 Å². The summed E-state index contributed by atoms with van der Waals surface area (Å²) in [6.07, 6.45) is 0. The molecule has 3 N–H and O–H groups in total. The van der Waals surface area contributed by atoms with Crippen LogP contribution in [0.15, 0.2) is 0 Å². The second kappa shape index (κ2) is 5.69. The van der Waals surface area contributed by atoms with E-state index < -0.39 is 11.0 Å². The van der Waals surface area contributed by atoms with Crippen LogP contribution in [0.5, 0.6) is 0 Å². The molecular formula is C13H27N3O2. The first-order valence-corrected chi connectivity index (χ1v) is 6.23. The molecule has 0 aromatic carbocycles. The molecule has 0 aliphatic carbocycles. The molecule has 0 aliphatic rings. The first-order chi connectivity index (χ1) is 7.89. The van der Waals surface area contributed by atoms with E-state index in [9.17, 15) is 9.59 Å². The van der Waals surface area contributed by atoms with Crippen LogP contribution in [0.25, 0.3) is 0 Å². The molecule has 0 bridgehead atoms. The molecule has 0 unspecified atom stereocenters. The van der Waals surface area contributed by atoms with E-state index in [0.29, 0.717) is 0 Å². The molecule has 5 nitrogen and oxygen atoms in total. The lowest BCUT2D eigenvalue weighted by Gasteiger charge is -2.39. The van der Waals surface area contributed by atoms with Crippen LogP contribution in [-0.4, -0.2) is 41.9 Å². The van der Waals surface area contributed by atoms with E-state index >= 15 is 0 Å². The average Bonchev–Trinajstić information content (AvgIpc) is 2.12. The van der Waals surface area contributed by atoms with Gasteiger partial charge < -0.3 is 16.0 Å². The predicted molar refractivity (Wildman–Crippen MR) is 73.0 cm³/mol. The highest BCUT2D eigenvalue weighted by molar-refractivity contribution is 5.88. The summed E-state index contributed by atoms with van der Waals surface area (Å²) in [7, 11) is 1.62. The maximum Gasteiger partial charge on any atom is 0.239 e. The van der Waals surface area contributed by atoms with Gasteiger partial charge in [-0.15, -0.1) is 0 Å². The van der Waals surface area contributed by atoms with Crippen LogP contribution in [0.2, 0.25) is 0 Å². The van der Waals surface area contributed by atoms with Gasteiger partial charge in [0, 0.05) is 18.6 Å². The van der Waals surface area contributed by atoms with Gasteiger partial charge in [0.05, 0.1) is 12.0 Å². The van der Waals surface area contributed by atoms with Gasteiger partial charge in [0.15, 0.2) is 0 Å². The molecule has 0 spiro atoms. The number of likely N-dealkylation sites (N-methyl/N-ethyl adjacent to an activating group) is 1. The van der Waals surface area contributed by atoms with Gasteiger partial charge >= 0.3 is 0 Å². The van der Waals surface area contributed by atoms with Crippen molar-refractivity contribution < 1.29 is 9.59 Å². The van der Waals surface area contributed by atoms with Gasteiger partial charge in [0.2, 0.25) is 11.8 Å². The molecule has 106 valence electrons. The van der Waals surface area contributed by atoms with Crippen LogP contribution in [0.3, 0.4) is 0 Å². The Kier molecular flexibility index (Phi) is 5.35. The molecule has 0 saturated carbocycles. The number of nitrogens with two attached hydrogens (primary N) is 1. The van der Waals surface area contributed by atoms with Crippen molar-refractivity contribution in [2.75, 3.05) is 13.6 Å². The summed E-state index contributed by atoms with van der Waals surface area (Å²) in [4.78, 5) is 25.3. The van der Waals surface area contributed by atoms with Crippen molar-refractivity contribution in [1.29, 1.82) is 0 Å². The lowest BCUT2D eigenvalue weighted by molar-refractivity contribution is -0.144. The van der Waals surface area contributed by atoms with Crippen molar-refractivity contribution in [2.45, 2.75) is 53.1 Å². The summed E-state index contributed by atoms with van der Waals surface area (Å²) in [6, 6.07) is 0.0694. The van der Waals surface area contributed by atoms with Crippen molar-refractivity contribution >= 4 is 11.8 Å². The van der Waals surface area contributed by atoms with E-state index in [1.54, 1.807) is 20.9 Å². The maximum atomic E-state index is 12.3. The SMILES string of the molecule is CC(C)NC(=O)CN(C)C(=O)C(C)(C)C(C)(C)N. The quantitative estimate of drug-likeness (QED) is 0.762. The molecule has 0 radical (unpaired) electrons. The number of nitrogens with zero attached hydrogens (tertiary/aromatic N) is 1. The molecule has 0 rings (SSSR count). The van der Waals surface area contributed by atoms with E-state index in [-0.39, 0.29) is 24.4 Å². The first kappa shape index (κ1) is 16.9.